The summed E-state index contributed by atoms with van der Waals surface area (Å²) in [5.74, 6) is -0.305. The Morgan fingerprint density at radius 2 is 1.60 bits per heavy atom. The van der Waals surface area contributed by atoms with Crippen LogP contribution in [0.2, 0.25) is 0 Å². The fraction of sp³-hybridized carbons (Fsp3) is 0.185. The molecule has 1 heterocycles. The Hall–Kier alpha value is -4.91. The van der Waals surface area contributed by atoms with E-state index in [1.165, 1.54) is 43.6 Å². The lowest BCUT2D eigenvalue weighted by Crippen LogP contribution is -2.20. The van der Waals surface area contributed by atoms with Crippen LogP contribution in [0.15, 0.2) is 72.9 Å². The third-order valence-corrected chi connectivity index (χ3v) is 5.12. The molecule has 0 unspecified atom stereocenters. The van der Waals surface area contributed by atoms with E-state index in [0.717, 1.165) is 18.2 Å². The minimum Gasteiger partial charge on any atom is -0.457 e. The summed E-state index contributed by atoms with van der Waals surface area (Å²) in [6.45, 7) is 0.442. The summed E-state index contributed by atoms with van der Waals surface area (Å²) in [6, 6.07) is 11.5. The van der Waals surface area contributed by atoms with Crippen LogP contribution in [-0.2, 0) is 11.0 Å². The topological polar surface area (TPSA) is 125 Å². The zero-order valence-corrected chi connectivity index (χ0v) is 21.8. The monoisotopic (exact) mass is 556 g/mol. The Labute approximate surface area is 228 Å². The fourth-order valence-electron chi connectivity index (χ4n) is 3.27. The van der Waals surface area contributed by atoms with E-state index >= 15 is 0 Å². The zero-order valence-electron chi connectivity index (χ0n) is 21.8. The summed E-state index contributed by atoms with van der Waals surface area (Å²) in [5, 5.41) is 9.55. The van der Waals surface area contributed by atoms with Crippen LogP contribution in [0.1, 0.15) is 16.1 Å². The molecule has 0 aliphatic carbocycles. The number of nitrogens with one attached hydrogen (secondary N) is 4. The van der Waals surface area contributed by atoms with Gasteiger partial charge in [0.15, 0.2) is 0 Å². The second-order valence-electron chi connectivity index (χ2n) is 8.57. The number of amides is 4. The van der Waals surface area contributed by atoms with Crippen LogP contribution >= 0.6 is 0 Å². The Balaban J connectivity index is 1.63. The molecule has 0 fully saturated rings. The highest BCUT2D eigenvalue weighted by atomic mass is 19.4. The van der Waals surface area contributed by atoms with Gasteiger partial charge >= 0.3 is 12.2 Å². The number of rotatable bonds is 9. The molecule has 10 nitrogen and oxygen atoms in total. The number of likely N-dealkylation sites (N-methyl/N-ethyl adjacent to an activating group) is 1. The average molecular weight is 557 g/mol. The number of benzene rings is 2. The highest BCUT2D eigenvalue weighted by molar-refractivity contribution is 6.02. The van der Waals surface area contributed by atoms with Gasteiger partial charge in [-0.15, -0.1) is 0 Å². The maximum atomic E-state index is 13.7. The van der Waals surface area contributed by atoms with Crippen LogP contribution in [0.3, 0.4) is 0 Å². The molecule has 0 saturated heterocycles. The van der Waals surface area contributed by atoms with E-state index < -0.39 is 29.4 Å². The highest BCUT2D eigenvalue weighted by Gasteiger charge is 2.34. The Kier molecular flexibility index (Phi) is 9.81. The number of urea groups is 1. The molecule has 210 valence electrons. The van der Waals surface area contributed by atoms with Crippen molar-refractivity contribution < 1.29 is 32.3 Å². The number of ether oxygens (including phenoxy) is 1. The molecule has 0 saturated carbocycles. The van der Waals surface area contributed by atoms with Crippen molar-refractivity contribution >= 4 is 34.9 Å². The summed E-state index contributed by atoms with van der Waals surface area (Å²) in [5.41, 5.74) is -1.16. The van der Waals surface area contributed by atoms with Crippen LogP contribution in [0.5, 0.6) is 11.5 Å². The molecule has 3 rings (SSSR count). The van der Waals surface area contributed by atoms with E-state index in [4.69, 9.17) is 4.74 Å². The number of halogens is 3. The van der Waals surface area contributed by atoms with Crippen molar-refractivity contribution in [3.05, 3.63) is 84.2 Å². The number of hydrogen-bond donors (Lipinski definition) is 4. The molecule has 0 aliphatic heterocycles. The normalized spacial score (nSPS) is 11.3. The van der Waals surface area contributed by atoms with Gasteiger partial charge in [-0.3, -0.25) is 14.6 Å². The number of nitrogens with zero attached hydrogens (tertiary/aromatic N) is 2. The number of alkyl halides is 3. The molecule has 40 heavy (non-hydrogen) atoms. The lowest BCUT2D eigenvalue weighted by Gasteiger charge is -2.15. The predicted octanol–water partition coefficient (Wildman–Crippen LogP) is 4.95. The van der Waals surface area contributed by atoms with E-state index in [9.17, 15) is 27.6 Å². The van der Waals surface area contributed by atoms with Gasteiger partial charge in [-0.05, 0) is 62.6 Å². The van der Waals surface area contributed by atoms with Gasteiger partial charge in [0, 0.05) is 43.3 Å². The fourth-order valence-corrected chi connectivity index (χ4v) is 3.27. The number of hydrogen-bond acceptors (Lipinski definition) is 6. The lowest BCUT2D eigenvalue weighted by atomic mass is 10.1. The number of pyridine rings is 1. The van der Waals surface area contributed by atoms with E-state index in [1.807, 2.05) is 0 Å². The van der Waals surface area contributed by atoms with E-state index in [1.54, 1.807) is 37.2 Å². The molecule has 1 aromatic heterocycles. The number of carbonyl (C=O) groups is 3. The average Bonchev–Trinajstić information content (AvgIpc) is 2.89. The van der Waals surface area contributed by atoms with Crippen LogP contribution in [0, 0.1) is 0 Å². The largest absolute Gasteiger partial charge is 0.457 e. The maximum absolute atomic E-state index is 13.7. The van der Waals surface area contributed by atoms with Crippen molar-refractivity contribution in [1.29, 1.82) is 0 Å². The number of aromatic nitrogens is 1. The van der Waals surface area contributed by atoms with Gasteiger partial charge in [0.25, 0.3) is 5.91 Å². The molecule has 2 aromatic carbocycles. The van der Waals surface area contributed by atoms with Gasteiger partial charge in [0.1, 0.15) is 17.2 Å². The predicted molar refractivity (Wildman–Crippen MR) is 145 cm³/mol. The molecular formula is C27H27F3N6O4. The number of anilines is 3. The molecule has 13 heteroatoms. The van der Waals surface area contributed by atoms with Crippen molar-refractivity contribution in [1.82, 2.24) is 15.2 Å². The first kappa shape index (κ1) is 29.6. The summed E-state index contributed by atoms with van der Waals surface area (Å²) in [4.78, 5) is 41.9. The molecule has 0 bridgehead atoms. The Morgan fingerprint density at radius 3 is 2.25 bits per heavy atom. The van der Waals surface area contributed by atoms with E-state index in [2.05, 4.69) is 26.3 Å². The Morgan fingerprint density at radius 1 is 0.925 bits per heavy atom. The van der Waals surface area contributed by atoms with E-state index in [0.29, 0.717) is 23.7 Å². The van der Waals surface area contributed by atoms with Crippen molar-refractivity contribution in [3.8, 4) is 11.5 Å². The second-order valence-corrected chi connectivity index (χ2v) is 8.57. The molecule has 0 spiro atoms. The second kappa shape index (κ2) is 13.2. The van der Waals surface area contributed by atoms with Gasteiger partial charge in [-0.25, -0.2) is 4.79 Å². The zero-order chi connectivity index (χ0) is 29.3. The van der Waals surface area contributed by atoms with Crippen LogP contribution < -0.4 is 26.0 Å². The van der Waals surface area contributed by atoms with Crippen molar-refractivity contribution in [3.63, 3.8) is 0 Å². The smallest absolute Gasteiger partial charge is 0.418 e. The summed E-state index contributed by atoms with van der Waals surface area (Å²) >= 11 is 0. The van der Waals surface area contributed by atoms with Crippen LogP contribution in [0.25, 0.3) is 0 Å². The minimum absolute atomic E-state index is 0.129. The first-order valence-corrected chi connectivity index (χ1v) is 11.8. The molecule has 0 radical (unpaired) electrons. The summed E-state index contributed by atoms with van der Waals surface area (Å²) in [6.07, 6.45) is -0.691. The third kappa shape index (κ3) is 8.84. The van der Waals surface area contributed by atoms with Crippen molar-refractivity contribution in [2.75, 3.05) is 43.6 Å². The van der Waals surface area contributed by atoms with Crippen molar-refractivity contribution in [2.45, 2.75) is 6.18 Å². The van der Waals surface area contributed by atoms with Gasteiger partial charge in [-0.2, -0.15) is 13.2 Å². The maximum Gasteiger partial charge on any atom is 0.418 e. The molecule has 4 N–H and O–H groups in total. The first-order valence-electron chi connectivity index (χ1n) is 11.8. The van der Waals surface area contributed by atoms with Crippen molar-refractivity contribution in [2.24, 2.45) is 0 Å². The highest BCUT2D eigenvalue weighted by Crippen LogP contribution is 2.36. The van der Waals surface area contributed by atoms with Crippen LogP contribution in [-0.4, -0.2) is 55.4 Å². The molecule has 0 aliphatic rings. The SMILES string of the molecule is CNC(=O)c1cc(Oc2ccc(NC(=O)Nc3ccc(NC(=O)C=CCN(C)C)c(C(F)(F)F)c3)cc2)ccn1. The van der Waals surface area contributed by atoms with Gasteiger partial charge in [0.05, 0.1) is 11.3 Å². The van der Waals surface area contributed by atoms with Crippen LogP contribution in [0.4, 0.5) is 35.0 Å². The number of carbonyl (C=O) groups excluding carboxylic acids is 3. The van der Waals surface area contributed by atoms with E-state index in [-0.39, 0.29) is 17.3 Å². The third-order valence-electron chi connectivity index (χ3n) is 5.12. The van der Waals surface area contributed by atoms with Gasteiger partial charge < -0.3 is 30.9 Å². The minimum atomic E-state index is -4.78. The molecule has 0 atom stereocenters. The van der Waals surface area contributed by atoms with Gasteiger partial charge in [0.2, 0.25) is 5.91 Å². The molecule has 4 amide bonds. The molecular weight excluding hydrogens is 529 g/mol. The summed E-state index contributed by atoms with van der Waals surface area (Å²) in [7, 11) is 5.05. The first-order chi connectivity index (χ1) is 18.9. The standard InChI is InChI=1S/C27H27F3N6O4/c1-31-25(38)23-16-20(12-13-32-23)40-19-9-6-17(7-10-19)33-26(39)34-18-8-11-22(21(15-18)27(28,29)30)35-24(37)5-4-14-36(2)3/h4-13,15-16H,14H2,1-3H3,(H,31,38)(H,35,37)(H2,33,34,39). The quantitative estimate of drug-likeness (QED) is 0.277. The lowest BCUT2D eigenvalue weighted by molar-refractivity contribution is -0.136. The molecule has 3 aromatic rings. The van der Waals surface area contributed by atoms with Gasteiger partial charge in [-0.1, -0.05) is 6.08 Å². The summed E-state index contributed by atoms with van der Waals surface area (Å²) < 4.78 is 46.7. The Bertz CT molecular complexity index is 1390.